The standard InChI is InChI=1S/C16H25N3OS.2ClH/c17-13-6-5-12(10-13)16(20)18-11-14(15-4-3-9-21-15)19-7-1-2-8-19;;/h3-4,9,12-14H,1-2,5-8,10-11,17H2,(H,18,20);2*1H. The maximum absolute atomic E-state index is 12.3. The number of carbonyl (C=O) groups excluding carboxylic acids is 1. The van der Waals surface area contributed by atoms with E-state index in [1.54, 1.807) is 11.3 Å². The molecule has 23 heavy (non-hydrogen) atoms. The Hall–Kier alpha value is -0.330. The Labute approximate surface area is 155 Å². The highest BCUT2D eigenvalue weighted by Gasteiger charge is 2.29. The molecular formula is C16H27Cl2N3OS. The van der Waals surface area contributed by atoms with E-state index in [4.69, 9.17) is 5.73 Å². The van der Waals surface area contributed by atoms with Crippen molar-refractivity contribution in [1.82, 2.24) is 10.2 Å². The summed E-state index contributed by atoms with van der Waals surface area (Å²) < 4.78 is 0. The molecule has 0 radical (unpaired) electrons. The molecule has 0 spiro atoms. The van der Waals surface area contributed by atoms with Gasteiger partial charge in [0.2, 0.25) is 5.91 Å². The van der Waals surface area contributed by atoms with Crippen molar-refractivity contribution < 1.29 is 4.79 Å². The van der Waals surface area contributed by atoms with Crippen LogP contribution in [0.3, 0.4) is 0 Å². The van der Waals surface area contributed by atoms with Crippen LogP contribution in [0, 0.1) is 5.92 Å². The minimum absolute atomic E-state index is 0. The number of nitrogens with one attached hydrogen (secondary N) is 1. The second-order valence-corrected chi connectivity index (χ2v) is 7.27. The van der Waals surface area contributed by atoms with Crippen LogP contribution in [-0.2, 0) is 4.79 Å². The van der Waals surface area contributed by atoms with Gasteiger partial charge in [-0.15, -0.1) is 36.2 Å². The smallest absolute Gasteiger partial charge is 0.223 e. The first-order chi connectivity index (χ1) is 10.2. The number of likely N-dealkylation sites (tertiary alicyclic amines) is 1. The van der Waals surface area contributed by atoms with E-state index in [1.807, 2.05) is 0 Å². The number of halogens is 2. The van der Waals surface area contributed by atoms with Crippen LogP contribution in [0.5, 0.6) is 0 Å². The molecule has 1 aliphatic carbocycles. The SMILES string of the molecule is Cl.Cl.NC1CCC(C(=O)NCC(c2cccs2)N2CCCC2)C1. The van der Waals surface area contributed by atoms with E-state index in [0.717, 1.165) is 38.9 Å². The van der Waals surface area contributed by atoms with Gasteiger partial charge in [-0.1, -0.05) is 6.07 Å². The largest absolute Gasteiger partial charge is 0.354 e. The lowest BCUT2D eigenvalue weighted by molar-refractivity contribution is -0.125. The fourth-order valence-electron chi connectivity index (χ4n) is 3.54. The third-order valence-corrected chi connectivity index (χ3v) is 5.74. The zero-order valence-electron chi connectivity index (χ0n) is 13.3. The fraction of sp³-hybridized carbons (Fsp3) is 0.688. The minimum Gasteiger partial charge on any atom is -0.354 e. The van der Waals surface area contributed by atoms with Crippen LogP contribution >= 0.6 is 36.2 Å². The summed E-state index contributed by atoms with van der Waals surface area (Å²) in [6.07, 6.45) is 5.32. The predicted octanol–water partition coefficient (Wildman–Crippen LogP) is 2.97. The van der Waals surface area contributed by atoms with Crippen molar-refractivity contribution in [2.24, 2.45) is 11.7 Å². The van der Waals surface area contributed by atoms with Crippen molar-refractivity contribution in [3.8, 4) is 0 Å². The Kier molecular flexibility index (Phi) is 8.86. The Bertz CT molecular complexity index is 466. The number of hydrogen-bond donors (Lipinski definition) is 2. The monoisotopic (exact) mass is 379 g/mol. The third-order valence-electron chi connectivity index (χ3n) is 4.77. The van der Waals surface area contributed by atoms with Crippen LogP contribution in [0.1, 0.15) is 43.0 Å². The molecule has 1 saturated heterocycles. The van der Waals surface area contributed by atoms with Gasteiger partial charge < -0.3 is 11.1 Å². The van der Waals surface area contributed by atoms with E-state index < -0.39 is 0 Å². The first-order valence-electron chi connectivity index (χ1n) is 8.05. The molecule has 1 aliphatic heterocycles. The number of amides is 1. The lowest BCUT2D eigenvalue weighted by Gasteiger charge is -2.27. The minimum atomic E-state index is 0. The normalized spacial score (nSPS) is 25.4. The van der Waals surface area contributed by atoms with Crippen LogP contribution in [-0.4, -0.2) is 36.5 Å². The highest BCUT2D eigenvalue weighted by Crippen LogP contribution is 2.29. The van der Waals surface area contributed by atoms with E-state index >= 15 is 0 Å². The molecule has 3 rings (SSSR count). The maximum atomic E-state index is 12.3. The molecule has 1 aromatic rings. The molecule has 1 aromatic heterocycles. The summed E-state index contributed by atoms with van der Waals surface area (Å²) in [5, 5.41) is 5.30. The van der Waals surface area contributed by atoms with Gasteiger partial charge in [0.1, 0.15) is 0 Å². The van der Waals surface area contributed by atoms with Crippen molar-refractivity contribution in [3.63, 3.8) is 0 Å². The Morgan fingerprint density at radius 1 is 1.35 bits per heavy atom. The molecule has 0 bridgehead atoms. The first-order valence-corrected chi connectivity index (χ1v) is 8.93. The Balaban J connectivity index is 0.00000132. The number of thiophene rings is 1. The zero-order chi connectivity index (χ0) is 14.7. The summed E-state index contributed by atoms with van der Waals surface area (Å²) in [7, 11) is 0. The van der Waals surface area contributed by atoms with Crippen molar-refractivity contribution in [3.05, 3.63) is 22.4 Å². The van der Waals surface area contributed by atoms with Gasteiger partial charge in [-0.3, -0.25) is 9.69 Å². The fourth-order valence-corrected chi connectivity index (χ4v) is 4.40. The Morgan fingerprint density at radius 2 is 2.09 bits per heavy atom. The number of nitrogens with two attached hydrogens (primary N) is 1. The number of rotatable bonds is 5. The molecule has 3 N–H and O–H groups in total. The molecule has 7 heteroatoms. The average molecular weight is 380 g/mol. The van der Waals surface area contributed by atoms with Gasteiger partial charge in [-0.2, -0.15) is 0 Å². The van der Waals surface area contributed by atoms with Gasteiger partial charge in [0.05, 0.1) is 6.04 Å². The molecule has 2 fully saturated rings. The topological polar surface area (TPSA) is 58.4 Å². The molecule has 1 amide bonds. The van der Waals surface area contributed by atoms with Crippen LogP contribution in [0.25, 0.3) is 0 Å². The van der Waals surface area contributed by atoms with Crippen LogP contribution in [0.2, 0.25) is 0 Å². The van der Waals surface area contributed by atoms with E-state index in [1.165, 1.54) is 17.7 Å². The summed E-state index contributed by atoms with van der Waals surface area (Å²) in [6.45, 7) is 3.02. The van der Waals surface area contributed by atoms with Gasteiger partial charge in [0.15, 0.2) is 0 Å². The summed E-state index contributed by atoms with van der Waals surface area (Å²) >= 11 is 1.79. The predicted molar refractivity (Wildman–Crippen MR) is 101 cm³/mol. The van der Waals surface area contributed by atoms with Gasteiger partial charge >= 0.3 is 0 Å². The van der Waals surface area contributed by atoms with Crippen LogP contribution < -0.4 is 11.1 Å². The molecule has 3 unspecified atom stereocenters. The maximum Gasteiger partial charge on any atom is 0.223 e. The number of carbonyl (C=O) groups is 1. The van der Waals surface area contributed by atoms with Crippen LogP contribution in [0.15, 0.2) is 17.5 Å². The van der Waals surface area contributed by atoms with Gasteiger partial charge in [-0.05, 0) is 56.6 Å². The Morgan fingerprint density at radius 3 is 2.65 bits per heavy atom. The van der Waals surface area contributed by atoms with Gasteiger partial charge in [0, 0.05) is 23.4 Å². The van der Waals surface area contributed by atoms with Gasteiger partial charge in [0.25, 0.3) is 0 Å². The second-order valence-electron chi connectivity index (χ2n) is 6.29. The molecule has 4 nitrogen and oxygen atoms in total. The van der Waals surface area contributed by atoms with Crippen molar-refractivity contribution in [2.75, 3.05) is 19.6 Å². The number of hydrogen-bond acceptors (Lipinski definition) is 4. The molecular weight excluding hydrogens is 353 g/mol. The van der Waals surface area contributed by atoms with E-state index in [2.05, 4.69) is 27.7 Å². The van der Waals surface area contributed by atoms with E-state index in [0.29, 0.717) is 6.04 Å². The highest BCUT2D eigenvalue weighted by molar-refractivity contribution is 7.10. The molecule has 0 aromatic carbocycles. The zero-order valence-corrected chi connectivity index (χ0v) is 15.7. The first kappa shape index (κ1) is 20.7. The molecule has 2 heterocycles. The lowest BCUT2D eigenvalue weighted by atomic mass is 10.1. The lowest BCUT2D eigenvalue weighted by Crippen LogP contribution is -2.38. The summed E-state index contributed by atoms with van der Waals surface area (Å²) in [5.41, 5.74) is 5.91. The van der Waals surface area contributed by atoms with E-state index in [9.17, 15) is 4.79 Å². The third kappa shape index (κ3) is 5.33. The molecule has 2 aliphatic rings. The number of nitrogens with zero attached hydrogens (tertiary/aromatic N) is 1. The van der Waals surface area contributed by atoms with Crippen molar-refractivity contribution >= 4 is 42.1 Å². The van der Waals surface area contributed by atoms with Crippen LogP contribution in [0.4, 0.5) is 0 Å². The molecule has 1 saturated carbocycles. The summed E-state index contributed by atoms with van der Waals surface area (Å²) in [5.74, 6) is 0.325. The van der Waals surface area contributed by atoms with Crippen molar-refractivity contribution in [1.29, 1.82) is 0 Å². The second kappa shape index (κ2) is 9.84. The van der Waals surface area contributed by atoms with Crippen molar-refractivity contribution in [2.45, 2.75) is 44.2 Å². The molecule has 3 atom stereocenters. The summed E-state index contributed by atoms with van der Waals surface area (Å²) in [4.78, 5) is 16.2. The van der Waals surface area contributed by atoms with Gasteiger partial charge in [-0.25, -0.2) is 0 Å². The summed E-state index contributed by atoms with van der Waals surface area (Å²) in [6, 6.07) is 4.84. The molecule has 132 valence electrons. The quantitative estimate of drug-likeness (QED) is 0.826. The van der Waals surface area contributed by atoms with E-state index in [-0.39, 0.29) is 42.7 Å². The highest BCUT2D eigenvalue weighted by atomic mass is 35.5. The average Bonchev–Trinajstić information content (AvgIpc) is 3.21.